The normalized spacial score (nSPS) is 23.2. The number of nitrogens with zero attached hydrogens (tertiary/aromatic N) is 1. The van der Waals surface area contributed by atoms with Crippen molar-refractivity contribution in [2.24, 2.45) is 0 Å². The molecule has 4 heteroatoms. The summed E-state index contributed by atoms with van der Waals surface area (Å²) >= 11 is 3.57. The molecule has 1 aromatic carbocycles. The van der Waals surface area contributed by atoms with Gasteiger partial charge in [0.2, 0.25) is 0 Å². The molecule has 1 N–H and O–H groups in total. The molecule has 1 atom stereocenters. The standard InChI is InChI=1S/C17H25BrN2O/c18-14-5-6-17-15(13-14)16(7-12-21-17)19-8-11-20-9-3-1-2-4-10-20/h5-6,13,16,19H,1-4,7-12H2. The summed E-state index contributed by atoms with van der Waals surface area (Å²) in [7, 11) is 0. The average Bonchev–Trinajstić information content (AvgIpc) is 2.76. The van der Waals surface area contributed by atoms with Gasteiger partial charge in [0.05, 0.1) is 6.61 Å². The van der Waals surface area contributed by atoms with Gasteiger partial charge in [0, 0.05) is 35.6 Å². The fourth-order valence-corrected chi connectivity index (χ4v) is 3.71. The van der Waals surface area contributed by atoms with E-state index in [1.807, 2.05) is 0 Å². The van der Waals surface area contributed by atoms with Crippen molar-refractivity contribution >= 4 is 15.9 Å². The first kappa shape index (κ1) is 15.3. The third kappa shape index (κ3) is 4.21. The molecule has 2 aliphatic heterocycles. The number of halogens is 1. The lowest BCUT2D eigenvalue weighted by molar-refractivity contribution is 0.239. The van der Waals surface area contributed by atoms with E-state index in [-0.39, 0.29) is 0 Å². The summed E-state index contributed by atoms with van der Waals surface area (Å²) in [6.07, 6.45) is 6.61. The van der Waals surface area contributed by atoms with E-state index >= 15 is 0 Å². The molecule has 1 saturated heterocycles. The van der Waals surface area contributed by atoms with Crippen LogP contribution in [0.25, 0.3) is 0 Å². The summed E-state index contributed by atoms with van der Waals surface area (Å²) in [5.41, 5.74) is 1.30. The van der Waals surface area contributed by atoms with E-state index in [2.05, 4.69) is 44.3 Å². The van der Waals surface area contributed by atoms with Gasteiger partial charge in [0.15, 0.2) is 0 Å². The highest BCUT2D eigenvalue weighted by Gasteiger charge is 2.21. The number of fused-ring (bicyclic) bond motifs is 1. The van der Waals surface area contributed by atoms with Gasteiger partial charge in [0.1, 0.15) is 5.75 Å². The maximum absolute atomic E-state index is 5.75. The van der Waals surface area contributed by atoms with E-state index in [0.717, 1.165) is 29.8 Å². The van der Waals surface area contributed by atoms with Crippen LogP contribution in [0.4, 0.5) is 0 Å². The first-order chi connectivity index (χ1) is 10.3. The van der Waals surface area contributed by atoms with Crippen molar-refractivity contribution in [1.29, 1.82) is 0 Å². The van der Waals surface area contributed by atoms with Gasteiger partial charge in [-0.15, -0.1) is 0 Å². The molecule has 3 rings (SSSR count). The third-order valence-corrected chi connectivity index (χ3v) is 5.02. The maximum atomic E-state index is 5.75. The van der Waals surface area contributed by atoms with Gasteiger partial charge in [-0.3, -0.25) is 0 Å². The number of hydrogen-bond acceptors (Lipinski definition) is 3. The van der Waals surface area contributed by atoms with E-state index in [1.54, 1.807) is 0 Å². The fourth-order valence-electron chi connectivity index (χ4n) is 3.33. The second kappa shape index (κ2) is 7.61. The molecule has 0 aromatic heterocycles. The molecular formula is C17H25BrN2O. The summed E-state index contributed by atoms with van der Waals surface area (Å²) in [4.78, 5) is 2.61. The summed E-state index contributed by atoms with van der Waals surface area (Å²) < 4.78 is 6.88. The number of hydrogen-bond donors (Lipinski definition) is 1. The monoisotopic (exact) mass is 352 g/mol. The van der Waals surface area contributed by atoms with Crippen LogP contribution in [0.2, 0.25) is 0 Å². The Morgan fingerprint density at radius 3 is 2.81 bits per heavy atom. The third-order valence-electron chi connectivity index (χ3n) is 4.53. The van der Waals surface area contributed by atoms with Gasteiger partial charge in [-0.1, -0.05) is 28.8 Å². The Labute approximate surface area is 136 Å². The topological polar surface area (TPSA) is 24.5 Å². The zero-order valence-electron chi connectivity index (χ0n) is 12.6. The van der Waals surface area contributed by atoms with Crippen LogP contribution in [0.1, 0.15) is 43.7 Å². The molecule has 0 radical (unpaired) electrons. The Bertz CT molecular complexity index is 458. The number of benzene rings is 1. The van der Waals surface area contributed by atoms with Crippen LogP contribution in [-0.4, -0.2) is 37.7 Å². The van der Waals surface area contributed by atoms with Crippen LogP contribution in [0.3, 0.4) is 0 Å². The zero-order chi connectivity index (χ0) is 14.5. The summed E-state index contributed by atoms with van der Waals surface area (Å²) in [5.74, 6) is 1.04. The van der Waals surface area contributed by atoms with Crippen LogP contribution < -0.4 is 10.1 Å². The smallest absolute Gasteiger partial charge is 0.124 e. The lowest BCUT2D eigenvalue weighted by atomic mass is 10.0. The second-order valence-electron chi connectivity index (χ2n) is 6.08. The molecule has 2 aliphatic rings. The molecule has 0 amide bonds. The molecule has 0 saturated carbocycles. The Balaban J connectivity index is 1.53. The minimum absolute atomic E-state index is 0.429. The van der Waals surface area contributed by atoms with E-state index in [9.17, 15) is 0 Å². The van der Waals surface area contributed by atoms with Crippen molar-refractivity contribution in [2.75, 3.05) is 32.8 Å². The minimum Gasteiger partial charge on any atom is -0.493 e. The molecule has 3 nitrogen and oxygen atoms in total. The van der Waals surface area contributed by atoms with Crippen molar-refractivity contribution in [3.05, 3.63) is 28.2 Å². The van der Waals surface area contributed by atoms with Crippen LogP contribution >= 0.6 is 15.9 Å². The molecule has 1 aromatic rings. The Hall–Kier alpha value is -0.580. The van der Waals surface area contributed by atoms with Gasteiger partial charge in [-0.2, -0.15) is 0 Å². The first-order valence-electron chi connectivity index (χ1n) is 8.21. The molecule has 2 heterocycles. The molecular weight excluding hydrogens is 328 g/mol. The first-order valence-corrected chi connectivity index (χ1v) is 9.00. The molecule has 0 spiro atoms. The quantitative estimate of drug-likeness (QED) is 0.893. The van der Waals surface area contributed by atoms with E-state index < -0.39 is 0 Å². The van der Waals surface area contributed by atoms with E-state index in [0.29, 0.717) is 6.04 Å². The van der Waals surface area contributed by atoms with Crippen molar-refractivity contribution < 1.29 is 4.74 Å². The van der Waals surface area contributed by atoms with Crippen molar-refractivity contribution in [3.8, 4) is 5.75 Å². The van der Waals surface area contributed by atoms with Gasteiger partial charge >= 0.3 is 0 Å². The van der Waals surface area contributed by atoms with E-state index in [4.69, 9.17) is 4.74 Å². The maximum Gasteiger partial charge on any atom is 0.124 e. The van der Waals surface area contributed by atoms with Crippen molar-refractivity contribution in [3.63, 3.8) is 0 Å². The fraction of sp³-hybridized carbons (Fsp3) is 0.647. The number of ether oxygens (including phenoxy) is 1. The molecule has 21 heavy (non-hydrogen) atoms. The Kier molecular flexibility index (Phi) is 5.55. The van der Waals surface area contributed by atoms with Crippen LogP contribution in [0.15, 0.2) is 22.7 Å². The molecule has 1 unspecified atom stereocenters. The molecule has 1 fully saturated rings. The Morgan fingerprint density at radius 1 is 1.19 bits per heavy atom. The summed E-state index contributed by atoms with van der Waals surface area (Å²) in [6, 6.07) is 6.75. The van der Waals surface area contributed by atoms with Gasteiger partial charge < -0.3 is 15.0 Å². The minimum atomic E-state index is 0.429. The van der Waals surface area contributed by atoms with Crippen molar-refractivity contribution in [1.82, 2.24) is 10.2 Å². The summed E-state index contributed by atoms with van der Waals surface area (Å²) in [5, 5.41) is 3.73. The van der Waals surface area contributed by atoms with Crippen LogP contribution in [-0.2, 0) is 0 Å². The van der Waals surface area contributed by atoms with Crippen LogP contribution in [0.5, 0.6) is 5.75 Å². The summed E-state index contributed by atoms with van der Waals surface area (Å²) in [6.45, 7) is 5.60. The number of nitrogens with one attached hydrogen (secondary N) is 1. The molecule has 116 valence electrons. The Morgan fingerprint density at radius 2 is 2.00 bits per heavy atom. The zero-order valence-corrected chi connectivity index (χ0v) is 14.2. The highest BCUT2D eigenvalue weighted by atomic mass is 79.9. The SMILES string of the molecule is Brc1ccc2c(c1)C(NCCN1CCCCCC1)CCO2. The molecule has 0 bridgehead atoms. The molecule has 0 aliphatic carbocycles. The lowest BCUT2D eigenvalue weighted by Crippen LogP contribution is -2.35. The average molecular weight is 353 g/mol. The predicted octanol–water partition coefficient (Wildman–Crippen LogP) is 3.74. The van der Waals surface area contributed by atoms with Gasteiger partial charge in [0.25, 0.3) is 0 Å². The van der Waals surface area contributed by atoms with Crippen LogP contribution in [0, 0.1) is 0 Å². The lowest BCUT2D eigenvalue weighted by Gasteiger charge is -2.28. The highest BCUT2D eigenvalue weighted by Crippen LogP contribution is 2.33. The van der Waals surface area contributed by atoms with E-state index in [1.165, 1.54) is 50.9 Å². The second-order valence-corrected chi connectivity index (χ2v) is 7.00. The predicted molar refractivity (Wildman–Crippen MR) is 89.9 cm³/mol. The largest absolute Gasteiger partial charge is 0.493 e. The van der Waals surface area contributed by atoms with Crippen molar-refractivity contribution in [2.45, 2.75) is 38.1 Å². The highest BCUT2D eigenvalue weighted by molar-refractivity contribution is 9.10. The number of rotatable bonds is 4. The van der Waals surface area contributed by atoms with Gasteiger partial charge in [-0.05, 0) is 44.1 Å². The van der Waals surface area contributed by atoms with Gasteiger partial charge in [-0.25, -0.2) is 0 Å². The number of likely N-dealkylation sites (tertiary alicyclic amines) is 1.